The van der Waals surface area contributed by atoms with E-state index in [4.69, 9.17) is 4.74 Å². The van der Waals surface area contributed by atoms with Crippen molar-refractivity contribution in [2.45, 2.75) is 19.3 Å². The number of carbonyl (C=O) groups excluding carboxylic acids is 2. The van der Waals surface area contributed by atoms with Gasteiger partial charge < -0.3 is 15.0 Å². The molecule has 0 fully saturated rings. The van der Waals surface area contributed by atoms with Crippen LogP contribution in [0.4, 0.5) is 11.4 Å². The molecule has 1 N–H and O–H groups in total. The number of amides is 2. The van der Waals surface area contributed by atoms with E-state index in [-0.39, 0.29) is 18.2 Å². The zero-order valence-electron chi connectivity index (χ0n) is 16.4. The number of hydrogen-bond donors (Lipinski definition) is 1. The van der Waals surface area contributed by atoms with Crippen molar-refractivity contribution in [1.29, 1.82) is 0 Å². The number of nitrogens with zero attached hydrogens (tertiary/aromatic N) is 1. The highest BCUT2D eigenvalue weighted by molar-refractivity contribution is 5.94. The third-order valence-electron chi connectivity index (χ3n) is 4.43. The average Bonchev–Trinajstić information content (AvgIpc) is 2.76. The van der Waals surface area contributed by atoms with Crippen LogP contribution in [0.15, 0.2) is 84.9 Å². The molecule has 5 heteroatoms. The first kappa shape index (κ1) is 20.1. The first-order chi connectivity index (χ1) is 14.1. The molecule has 0 atom stereocenters. The van der Waals surface area contributed by atoms with Gasteiger partial charge in [0.2, 0.25) is 11.8 Å². The second-order valence-electron chi connectivity index (χ2n) is 6.63. The van der Waals surface area contributed by atoms with E-state index in [9.17, 15) is 9.59 Å². The Morgan fingerprint density at radius 2 is 1.38 bits per heavy atom. The molecule has 0 spiro atoms. The molecule has 3 aromatic rings. The number of rotatable bonds is 8. The van der Waals surface area contributed by atoms with Gasteiger partial charge in [-0.05, 0) is 55.0 Å². The molecule has 29 heavy (non-hydrogen) atoms. The van der Waals surface area contributed by atoms with Gasteiger partial charge >= 0.3 is 0 Å². The molecular weight excluding hydrogens is 364 g/mol. The molecule has 0 aliphatic heterocycles. The summed E-state index contributed by atoms with van der Waals surface area (Å²) in [5, 5.41) is 2.85. The van der Waals surface area contributed by atoms with Crippen LogP contribution in [0.1, 0.15) is 19.3 Å². The van der Waals surface area contributed by atoms with Crippen molar-refractivity contribution in [3.8, 4) is 11.5 Å². The minimum absolute atomic E-state index is 0.00795. The quantitative estimate of drug-likeness (QED) is 0.573. The van der Waals surface area contributed by atoms with Crippen molar-refractivity contribution in [3.63, 3.8) is 0 Å². The Kier molecular flexibility index (Phi) is 7.00. The molecule has 3 rings (SSSR count). The van der Waals surface area contributed by atoms with Gasteiger partial charge in [-0.15, -0.1) is 0 Å². The summed E-state index contributed by atoms with van der Waals surface area (Å²) in [6, 6.07) is 26.2. The minimum Gasteiger partial charge on any atom is -0.457 e. The maximum absolute atomic E-state index is 12.3. The zero-order valence-corrected chi connectivity index (χ0v) is 16.4. The van der Waals surface area contributed by atoms with E-state index < -0.39 is 0 Å². The predicted molar refractivity (Wildman–Crippen MR) is 115 cm³/mol. The fraction of sp³-hybridized carbons (Fsp3) is 0.167. The summed E-state index contributed by atoms with van der Waals surface area (Å²) in [6.07, 6.45) is 1.11. The van der Waals surface area contributed by atoms with Crippen LogP contribution in [-0.4, -0.2) is 18.9 Å². The fourth-order valence-electron chi connectivity index (χ4n) is 2.82. The molecule has 148 valence electrons. The first-order valence-electron chi connectivity index (χ1n) is 9.56. The number of benzene rings is 3. The van der Waals surface area contributed by atoms with Crippen LogP contribution in [0.5, 0.6) is 11.5 Å². The maximum atomic E-state index is 12.3. The molecule has 0 saturated heterocycles. The van der Waals surface area contributed by atoms with Gasteiger partial charge in [0.25, 0.3) is 0 Å². The molecule has 0 bridgehead atoms. The van der Waals surface area contributed by atoms with Crippen molar-refractivity contribution in [2.24, 2.45) is 0 Å². The number of carbonyl (C=O) groups is 2. The zero-order chi connectivity index (χ0) is 20.5. The van der Waals surface area contributed by atoms with E-state index in [2.05, 4.69) is 5.32 Å². The first-order valence-corrected chi connectivity index (χ1v) is 9.56. The topological polar surface area (TPSA) is 58.6 Å². The van der Waals surface area contributed by atoms with Crippen LogP contribution >= 0.6 is 0 Å². The second kappa shape index (κ2) is 10.1. The molecular formula is C24H24N2O3. The van der Waals surface area contributed by atoms with Crippen LogP contribution in [0.25, 0.3) is 0 Å². The Labute approximate surface area is 170 Å². The average molecular weight is 388 g/mol. The largest absolute Gasteiger partial charge is 0.457 e. The normalized spacial score (nSPS) is 10.2. The minimum atomic E-state index is -0.114. The summed E-state index contributed by atoms with van der Waals surface area (Å²) in [5.41, 5.74) is 1.54. The summed E-state index contributed by atoms with van der Waals surface area (Å²) < 4.78 is 5.73. The highest BCUT2D eigenvalue weighted by atomic mass is 16.5. The molecule has 0 aliphatic rings. The van der Waals surface area contributed by atoms with Crippen molar-refractivity contribution >= 4 is 23.2 Å². The van der Waals surface area contributed by atoms with Gasteiger partial charge in [-0.25, -0.2) is 0 Å². The van der Waals surface area contributed by atoms with Gasteiger partial charge in [0.1, 0.15) is 11.5 Å². The van der Waals surface area contributed by atoms with Crippen molar-refractivity contribution in [1.82, 2.24) is 0 Å². The van der Waals surface area contributed by atoms with Gasteiger partial charge in [-0.2, -0.15) is 0 Å². The van der Waals surface area contributed by atoms with E-state index in [1.54, 1.807) is 36.2 Å². The Bertz CT molecular complexity index is 925. The number of anilines is 2. The van der Waals surface area contributed by atoms with E-state index in [1.165, 1.54) is 0 Å². The maximum Gasteiger partial charge on any atom is 0.226 e. The second-order valence-corrected chi connectivity index (χ2v) is 6.63. The van der Waals surface area contributed by atoms with Gasteiger partial charge in [-0.3, -0.25) is 9.59 Å². The van der Waals surface area contributed by atoms with E-state index in [1.807, 2.05) is 60.7 Å². The van der Waals surface area contributed by atoms with E-state index >= 15 is 0 Å². The molecule has 0 unspecified atom stereocenters. The lowest BCUT2D eigenvalue weighted by Gasteiger charge is -2.17. The highest BCUT2D eigenvalue weighted by Crippen LogP contribution is 2.22. The number of ether oxygens (including phenoxy) is 1. The standard InChI is InChI=1S/C24H24N2O3/c1-26(20-9-4-2-5-10-20)24(28)14-8-13-23(27)25-19-15-17-22(18-16-19)29-21-11-6-3-7-12-21/h2-7,9-12,15-18H,8,13-14H2,1H3,(H,25,27). The van der Waals surface area contributed by atoms with Crippen molar-refractivity contribution in [3.05, 3.63) is 84.9 Å². The molecule has 0 heterocycles. The molecule has 5 nitrogen and oxygen atoms in total. The summed E-state index contributed by atoms with van der Waals surface area (Å²) in [7, 11) is 1.75. The van der Waals surface area contributed by atoms with Crippen molar-refractivity contribution < 1.29 is 14.3 Å². The van der Waals surface area contributed by atoms with E-state index in [0.29, 0.717) is 24.3 Å². The lowest BCUT2D eigenvalue weighted by molar-refractivity contribution is -0.118. The third-order valence-corrected chi connectivity index (χ3v) is 4.43. The molecule has 0 saturated carbocycles. The lowest BCUT2D eigenvalue weighted by atomic mass is 10.2. The molecule has 0 radical (unpaired) electrons. The van der Waals surface area contributed by atoms with E-state index in [0.717, 1.165) is 11.4 Å². The van der Waals surface area contributed by atoms with Gasteiger partial charge in [0.05, 0.1) is 0 Å². The molecule has 0 aromatic heterocycles. The van der Waals surface area contributed by atoms with Gasteiger partial charge in [-0.1, -0.05) is 36.4 Å². The van der Waals surface area contributed by atoms with Crippen LogP contribution in [-0.2, 0) is 9.59 Å². The van der Waals surface area contributed by atoms with Crippen LogP contribution in [0.2, 0.25) is 0 Å². The molecule has 2 amide bonds. The summed E-state index contributed by atoms with van der Waals surface area (Å²) in [6.45, 7) is 0. The Balaban J connectivity index is 1.42. The Hall–Kier alpha value is -3.60. The molecule has 0 aliphatic carbocycles. The highest BCUT2D eigenvalue weighted by Gasteiger charge is 2.11. The van der Waals surface area contributed by atoms with Crippen molar-refractivity contribution in [2.75, 3.05) is 17.3 Å². The summed E-state index contributed by atoms with van der Waals surface area (Å²) >= 11 is 0. The SMILES string of the molecule is CN(C(=O)CCCC(=O)Nc1ccc(Oc2ccccc2)cc1)c1ccccc1. The van der Waals surface area contributed by atoms with Gasteiger partial charge in [0.15, 0.2) is 0 Å². The predicted octanol–water partition coefficient (Wildman–Crippen LogP) is 5.25. The smallest absolute Gasteiger partial charge is 0.226 e. The Morgan fingerprint density at radius 3 is 2.03 bits per heavy atom. The number of para-hydroxylation sites is 2. The van der Waals surface area contributed by atoms with Crippen LogP contribution < -0.4 is 15.0 Å². The summed E-state index contributed by atoms with van der Waals surface area (Å²) in [4.78, 5) is 26.0. The fourth-order valence-corrected chi connectivity index (χ4v) is 2.82. The lowest BCUT2D eigenvalue weighted by Crippen LogP contribution is -2.26. The number of hydrogen-bond acceptors (Lipinski definition) is 3. The van der Waals surface area contributed by atoms with Crippen LogP contribution in [0.3, 0.4) is 0 Å². The monoisotopic (exact) mass is 388 g/mol. The Morgan fingerprint density at radius 1 is 0.793 bits per heavy atom. The summed E-state index contributed by atoms with van der Waals surface area (Å²) in [5.74, 6) is 1.33. The third kappa shape index (κ3) is 6.21. The van der Waals surface area contributed by atoms with Crippen LogP contribution in [0, 0.1) is 0 Å². The number of nitrogens with one attached hydrogen (secondary N) is 1. The van der Waals surface area contributed by atoms with Gasteiger partial charge in [0, 0.05) is 31.3 Å². The molecule has 3 aromatic carbocycles.